The van der Waals surface area contributed by atoms with Crippen molar-refractivity contribution in [3.05, 3.63) is 63.3 Å². The summed E-state index contributed by atoms with van der Waals surface area (Å²) < 4.78 is 29.5. The number of nitrogens with zero attached hydrogens (tertiary/aromatic N) is 8. The number of nitrogen functional groups attached to an aromatic ring is 1. The third-order valence-corrected chi connectivity index (χ3v) is 11.5. The molecular formula is C26H26N14O9S4. The van der Waals surface area contributed by atoms with Gasteiger partial charge in [0.25, 0.3) is 11.5 Å². The number of carbonyl (C=O) groups excluding carboxylic acids is 3. The number of aromatic nitrogens is 7. The summed E-state index contributed by atoms with van der Waals surface area (Å²) >= 11 is 3.34. The number of sulfonamides is 1. The predicted molar refractivity (Wildman–Crippen MR) is 188 cm³/mol. The van der Waals surface area contributed by atoms with Gasteiger partial charge in [0.15, 0.2) is 11.2 Å². The van der Waals surface area contributed by atoms with E-state index < -0.39 is 62.7 Å². The van der Waals surface area contributed by atoms with E-state index in [4.69, 9.17) is 21.3 Å². The van der Waals surface area contributed by atoms with Gasteiger partial charge >= 0.3 is 12.2 Å². The Balaban J connectivity index is 1.24. The molecule has 10 N–H and O–H groups in total. The number of hydrogen-bond acceptors (Lipinski definition) is 18. The van der Waals surface area contributed by atoms with Crippen molar-refractivity contribution in [3.8, 4) is 0 Å². The molecule has 1 fully saturated rings. The predicted octanol–water partition coefficient (Wildman–Crippen LogP) is -0.552. The highest BCUT2D eigenvalue weighted by Crippen LogP contribution is 2.42. The smallest absolute Gasteiger partial charge is 0.449 e. The molecule has 0 spiro atoms. The van der Waals surface area contributed by atoms with Crippen LogP contribution in [0.3, 0.4) is 0 Å². The van der Waals surface area contributed by atoms with Crippen LogP contribution in [0.5, 0.6) is 0 Å². The quantitative estimate of drug-likeness (QED) is 0.0536. The molecule has 0 aliphatic carbocycles. The van der Waals surface area contributed by atoms with Crippen LogP contribution in [0, 0.1) is 0 Å². The molecule has 6 rings (SSSR count). The number of nitrogens with two attached hydrogens (primary N) is 3. The Morgan fingerprint density at radius 2 is 1.98 bits per heavy atom. The average Bonchev–Trinajstić information content (AvgIpc) is 3.71. The van der Waals surface area contributed by atoms with E-state index in [1.54, 1.807) is 7.05 Å². The van der Waals surface area contributed by atoms with Crippen molar-refractivity contribution in [2.75, 3.05) is 27.5 Å². The summed E-state index contributed by atoms with van der Waals surface area (Å²) in [4.78, 5) is 77.7. The number of aryl methyl sites for hydroxylation is 1. The van der Waals surface area contributed by atoms with Gasteiger partial charge in [-0.25, -0.2) is 37.8 Å². The molecule has 1 aromatic carbocycles. The maximum Gasteiger partial charge on any atom is 0.512 e. The number of amides is 4. The molecule has 5 heterocycles. The molecule has 27 heteroatoms. The molecule has 0 saturated carbocycles. The Hall–Kier alpha value is -5.77. The molecule has 0 radical (unpaired) electrons. The van der Waals surface area contributed by atoms with Crippen molar-refractivity contribution in [1.82, 2.24) is 45.4 Å². The molecule has 3 atom stereocenters. The van der Waals surface area contributed by atoms with E-state index in [-0.39, 0.29) is 39.1 Å². The SMILES string of the molecule is Cn1nnnc1SCC1=C(OC(=O)O)N2C(=O)C(NC(=O)C(c3csc(N)n3)N(C(N)=O)c3cnc(Nc4ccc(S(N)(=O)=O)cc4)[nH]c3=O)[C@@H]2SC1. The van der Waals surface area contributed by atoms with Gasteiger partial charge < -0.3 is 31.9 Å². The average molecular weight is 807 g/mol. The minimum atomic E-state index is -3.95. The number of thiazole rings is 1. The molecule has 23 nitrogen and oxygen atoms in total. The number of primary amides is 1. The van der Waals surface area contributed by atoms with Gasteiger partial charge in [-0.15, -0.1) is 28.2 Å². The minimum Gasteiger partial charge on any atom is -0.449 e. The van der Waals surface area contributed by atoms with Gasteiger partial charge in [0.1, 0.15) is 17.1 Å². The summed E-state index contributed by atoms with van der Waals surface area (Å²) in [5, 5.41) is 32.1. The second kappa shape index (κ2) is 14.7. The lowest BCUT2D eigenvalue weighted by molar-refractivity contribution is -0.149. The first-order valence-corrected chi connectivity index (χ1v) is 19.1. The summed E-state index contributed by atoms with van der Waals surface area (Å²) in [7, 11) is -2.32. The number of aromatic amines is 1. The van der Waals surface area contributed by atoms with Crippen LogP contribution in [0.1, 0.15) is 11.7 Å². The second-order valence-corrected chi connectivity index (χ2v) is 15.4. The van der Waals surface area contributed by atoms with Crippen molar-refractivity contribution in [1.29, 1.82) is 0 Å². The molecule has 2 aliphatic heterocycles. The van der Waals surface area contributed by atoms with E-state index in [0.29, 0.717) is 21.3 Å². The summed E-state index contributed by atoms with van der Waals surface area (Å²) in [6.45, 7) is 0. The van der Waals surface area contributed by atoms with Crippen molar-refractivity contribution >= 4 is 91.3 Å². The van der Waals surface area contributed by atoms with Gasteiger partial charge in [0.05, 0.1) is 16.8 Å². The highest BCUT2D eigenvalue weighted by atomic mass is 32.2. The second-order valence-electron chi connectivity index (χ2n) is 10.9. The number of tetrazole rings is 1. The Morgan fingerprint density at radius 3 is 2.57 bits per heavy atom. The lowest BCUT2D eigenvalue weighted by Crippen LogP contribution is -2.71. The highest BCUT2D eigenvalue weighted by Gasteiger charge is 2.55. The topological polar surface area (TPSA) is 343 Å². The summed E-state index contributed by atoms with van der Waals surface area (Å²) in [5.74, 6) is -1.65. The largest absolute Gasteiger partial charge is 0.512 e. The Kier molecular flexibility index (Phi) is 10.3. The van der Waals surface area contributed by atoms with E-state index >= 15 is 0 Å². The van der Waals surface area contributed by atoms with Crippen LogP contribution in [-0.4, -0.2) is 101 Å². The fraction of sp³-hybridized carbons (Fsp3) is 0.231. The number of carbonyl (C=O) groups is 4. The molecule has 4 amide bonds. The van der Waals surface area contributed by atoms with Crippen molar-refractivity contribution < 1.29 is 37.4 Å². The Bertz CT molecular complexity index is 2310. The standard InChI is InChI=1S/C26H26N14O9S4/c1-38-25(35-36-37-38)52-8-10-7-50-21-15(19(43)40(21)20(10)49-26(45)46)33-18(42)16(13-9-51-22(27)32-13)39(23(28)44)14-6-30-24(34-17(14)41)31-11-2-4-12(5-3-11)53(29,47)48/h2-6,9,15-16,21H,7-8H2,1H3,(H2,27,32)(H2,28,44)(H,33,42)(H,45,46)(H2,29,47,48)(H2,30,31,34,41)/t15?,16?,21-/m0/s1. The number of thioether (sulfide) groups is 2. The number of carboxylic acid groups (broad SMARTS) is 1. The van der Waals surface area contributed by atoms with Crippen LogP contribution in [0.25, 0.3) is 0 Å². The van der Waals surface area contributed by atoms with Crippen LogP contribution < -0.4 is 37.7 Å². The Morgan fingerprint density at radius 1 is 1.25 bits per heavy atom. The highest BCUT2D eigenvalue weighted by molar-refractivity contribution is 8.01. The van der Waals surface area contributed by atoms with E-state index in [9.17, 15) is 37.5 Å². The number of nitrogens with one attached hydrogen (secondary N) is 3. The third kappa shape index (κ3) is 7.72. The number of anilines is 4. The lowest BCUT2D eigenvalue weighted by atomic mass is 10.0. The molecule has 278 valence electrons. The minimum absolute atomic E-state index is 0.0130. The number of benzene rings is 1. The first kappa shape index (κ1) is 37.0. The van der Waals surface area contributed by atoms with Crippen LogP contribution in [0.15, 0.2) is 62.1 Å². The van der Waals surface area contributed by atoms with Crippen LogP contribution in [0.2, 0.25) is 0 Å². The van der Waals surface area contributed by atoms with Crippen LogP contribution in [-0.2, 0) is 31.4 Å². The van der Waals surface area contributed by atoms with Crippen LogP contribution in [0.4, 0.5) is 32.0 Å². The maximum atomic E-state index is 14.0. The number of rotatable bonds is 12. The molecule has 4 aromatic rings. The summed E-state index contributed by atoms with van der Waals surface area (Å²) in [6.07, 6.45) is -0.697. The third-order valence-electron chi connectivity index (χ3n) is 7.48. The number of fused-ring (bicyclic) bond motifs is 1. The van der Waals surface area contributed by atoms with Gasteiger partial charge in [0.2, 0.25) is 32.9 Å². The number of ether oxygens (including phenoxy) is 1. The summed E-state index contributed by atoms with van der Waals surface area (Å²) in [5.41, 5.74) is 10.8. The fourth-order valence-corrected chi connectivity index (χ4v) is 8.52. The number of primary sulfonamides is 1. The lowest BCUT2D eigenvalue weighted by Gasteiger charge is -2.49. The van der Waals surface area contributed by atoms with Crippen LogP contribution >= 0.6 is 34.9 Å². The zero-order valence-corrected chi connectivity index (χ0v) is 30.0. The zero-order chi connectivity index (χ0) is 38.2. The molecule has 53 heavy (non-hydrogen) atoms. The fourth-order valence-electron chi connectivity index (χ4n) is 5.12. The van der Waals surface area contributed by atoms with Gasteiger partial charge in [-0.05, 0) is 34.7 Å². The normalized spacial score (nSPS) is 17.4. The Labute approximate surface area is 309 Å². The van der Waals surface area contributed by atoms with E-state index in [0.717, 1.165) is 22.4 Å². The first-order chi connectivity index (χ1) is 25.1. The molecule has 3 aromatic heterocycles. The number of hydrogen-bond donors (Lipinski definition) is 7. The maximum absolute atomic E-state index is 14.0. The number of β-lactam (4-membered cyclic amide) rings is 1. The van der Waals surface area contributed by atoms with Gasteiger partial charge in [-0.1, -0.05) is 11.8 Å². The monoisotopic (exact) mass is 806 g/mol. The molecule has 1 saturated heterocycles. The van der Waals surface area contributed by atoms with Crippen molar-refractivity contribution in [2.45, 2.75) is 27.5 Å². The van der Waals surface area contributed by atoms with E-state index in [2.05, 4.69) is 41.1 Å². The van der Waals surface area contributed by atoms with E-state index in [1.807, 2.05) is 0 Å². The number of urea groups is 1. The first-order valence-electron chi connectivity index (χ1n) is 14.6. The van der Waals surface area contributed by atoms with Gasteiger partial charge in [0, 0.05) is 35.2 Å². The number of H-pyrrole nitrogens is 1. The van der Waals surface area contributed by atoms with Crippen molar-refractivity contribution in [3.63, 3.8) is 0 Å². The molecule has 2 unspecified atom stereocenters. The van der Waals surface area contributed by atoms with Gasteiger partial charge in [-0.3, -0.25) is 29.2 Å². The van der Waals surface area contributed by atoms with E-state index in [1.165, 1.54) is 57.9 Å². The summed E-state index contributed by atoms with van der Waals surface area (Å²) in [6, 6.07) is 0.968. The van der Waals surface area contributed by atoms with Gasteiger partial charge in [-0.2, -0.15) is 0 Å². The molecule has 0 bridgehead atoms. The zero-order valence-electron chi connectivity index (χ0n) is 26.8. The molecular weight excluding hydrogens is 781 g/mol. The van der Waals surface area contributed by atoms with Crippen molar-refractivity contribution in [2.24, 2.45) is 17.9 Å². The molecule has 2 aliphatic rings.